The SMILES string of the molecule is Cc1ccc(NCCC(C)S(C)=O)c(C(=O)O)c1. The first-order valence-corrected chi connectivity index (χ1v) is 7.44. The fraction of sp³-hybridized carbons (Fsp3) is 0.462. The highest BCUT2D eigenvalue weighted by molar-refractivity contribution is 7.84. The zero-order chi connectivity index (χ0) is 13.7. The quantitative estimate of drug-likeness (QED) is 0.831. The van der Waals surface area contributed by atoms with E-state index in [9.17, 15) is 9.00 Å². The van der Waals surface area contributed by atoms with Gasteiger partial charge in [0.1, 0.15) is 0 Å². The maximum atomic E-state index is 11.2. The summed E-state index contributed by atoms with van der Waals surface area (Å²) in [6, 6.07) is 5.29. The van der Waals surface area contributed by atoms with E-state index < -0.39 is 16.8 Å². The van der Waals surface area contributed by atoms with Crippen LogP contribution in [-0.2, 0) is 10.8 Å². The van der Waals surface area contributed by atoms with Crippen molar-refractivity contribution >= 4 is 22.5 Å². The molecule has 1 rings (SSSR count). The zero-order valence-corrected chi connectivity index (χ0v) is 11.7. The molecule has 0 bridgehead atoms. The van der Waals surface area contributed by atoms with Crippen molar-refractivity contribution in [1.82, 2.24) is 0 Å². The molecule has 2 unspecified atom stereocenters. The third kappa shape index (κ3) is 4.14. The molecule has 1 aromatic rings. The van der Waals surface area contributed by atoms with E-state index in [-0.39, 0.29) is 10.8 Å². The molecule has 0 radical (unpaired) electrons. The number of rotatable bonds is 6. The predicted molar refractivity (Wildman–Crippen MR) is 74.8 cm³/mol. The van der Waals surface area contributed by atoms with Crippen molar-refractivity contribution in [3.8, 4) is 0 Å². The molecule has 2 atom stereocenters. The third-order valence-electron chi connectivity index (χ3n) is 2.84. The average Bonchev–Trinajstić information content (AvgIpc) is 2.30. The van der Waals surface area contributed by atoms with Gasteiger partial charge in [-0.15, -0.1) is 0 Å². The Hall–Kier alpha value is -1.36. The van der Waals surface area contributed by atoms with Crippen molar-refractivity contribution in [3.63, 3.8) is 0 Å². The zero-order valence-electron chi connectivity index (χ0n) is 10.9. The first kappa shape index (κ1) is 14.7. The van der Waals surface area contributed by atoms with Crippen molar-refractivity contribution in [1.29, 1.82) is 0 Å². The molecule has 18 heavy (non-hydrogen) atoms. The number of aromatic carboxylic acids is 1. The van der Waals surface area contributed by atoms with Gasteiger partial charge in [0.2, 0.25) is 0 Å². The Kier molecular flexibility index (Phi) is 5.34. The number of hydrogen-bond acceptors (Lipinski definition) is 3. The van der Waals surface area contributed by atoms with Crippen LogP contribution in [-0.4, -0.2) is 33.3 Å². The summed E-state index contributed by atoms with van der Waals surface area (Å²) in [6.07, 6.45) is 2.43. The lowest BCUT2D eigenvalue weighted by atomic mass is 10.1. The summed E-state index contributed by atoms with van der Waals surface area (Å²) < 4.78 is 11.2. The van der Waals surface area contributed by atoms with Crippen molar-refractivity contribution in [2.75, 3.05) is 18.1 Å². The summed E-state index contributed by atoms with van der Waals surface area (Å²) in [7, 11) is -0.842. The number of anilines is 1. The molecule has 0 saturated heterocycles. The molecule has 0 saturated carbocycles. The summed E-state index contributed by atoms with van der Waals surface area (Å²) in [6.45, 7) is 4.40. The summed E-state index contributed by atoms with van der Waals surface area (Å²) in [4.78, 5) is 11.1. The molecule has 2 N–H and O–H groups in total. The van der Waals surface area contributed by atoms with Crippen LogP contribution in [0.5, 0.6) is 0 Å². The number of benzene rings is 1. The van der Waals surface area contributed by atoms with E-state index in [0.717, 1.165) is 12.0 Å². The first-order valence-electron chi connectivity index (χ1n) is 5.82. The van der Waals surface area contributed by atoms with Gasteiger partial charge >= 0.3 is 5.97 Å². The van der Waals surface area contributed by atoms with Crippen molar-refractivity contribution in [2.45, 2.75) is 25.5 Å². The third-order valence-corrected chi connectivity index (χ3v) is 4.21. The fourth-order valence-corrected chi connectivity index (χ4v) is 2.02. The van der Waals surface area contributed by atoms with Gasteiger partial charge in [-0.1, -0.05) is 18.6 Å². The Balaban J connectivity index is 2.67. The second-order valence-corrected chi connectivity index (χ2v) is 6.18. The predicted octanol–water partition coefficient (Wildman–Crippen LogP) is 2.26. The minimum Gasteiger partial charge on any atom is -0.478 e. The molecule has 0 fully saturated rings. The maximum absolute atomic E-state index is 11.2. The summed E-state index contributed by atoms with van der Waals surface area (Å²) in [5.41, 5.74) is 1.81. The lowest BCUT2D eigenvalue weighted by molar-refractivity contribution is 0.0698. The van der Waals surface area contributed by atoms with Crippen LogP contribution in [0.15, 0.2) is 18.2 Å². The van der Waals surface area contributed by atoms with Gasteiger partial charge < -0.3 is 10.4 Å². The molecule has 0 aromatic heterocycles. The highest BCUT2D eigenvalue weighted by atomic mass is 32.2. The second-order valence-electron chi connectivity index (χ2n) is 4.38. The molecule has 5 heteroatoms. The molecule has 0 aliphatic heterocycles. The highest BCUT2D eigenvalue weighted by Gasteiger charge is 2.11. The largest absolute Gasteiger partial charge is 0.478 e. The fourth-order valence-electron chi connectivity index (χ4n) is 1.57. The number of carbonyl (C=O) groups is 1. The van der Waals surface area contributed by atoms with Crippen LogP contribution in [0.1, 0.15) is 29.3 Å². The van der Waals surface area contributed by atoms with Crippen molar-refractivity contribution in [3.05, 3.63) is 29.3 Å². The minimum absolute atomic E-state index is 0.108. The van der Waals surface area contributed by atoms with Gasteiger partial charge in [-0.25, -0.2) is 4.79 Å². The van der Waals surface area contributed by atoms with Crippen LogP contribution in [0.4, 0.5) is 5.69 Å². The maximum Gasteiger partial charge on any atom is 0.337 e. The summed E-state index contributed by atoms with van der Waals surface area (Å²) in [5, 5.41) is 12.3. The van der Waals surface area contributed by atoms with Gasteiger partial charge in [-0.3, -0.25) is 4.21 Å². The van der Waals surface area contributed by atoms with Crippen LogP contribution < -0.4 is 5.32 Å². The van der Waals surface area contributed by atoms with E-state index in [1.54, 1.807) is 18.4 Å². The van der Waals surface area contributed by atoms with Crippen LogP contribution in [0.3, 0.4) is 0 Å². The lowest BCUT2D eigenvalue weighted by Gasteiger charge is -2.12. The van der Waals surface area contributed by atoms with Gasteiger partial charge in [0.05, 0.1) is 5.56 Å². The minimum atomic E-state index is -0.937. The van der Waals surface area contributed by atoms with Gasteiger partial charge in [0.25, 0.3) is 0 Å². The number of carboxylic acid groups (broad SMARTS) is 1. The lowest BCUT2D eigenvalue weighted by Crippen LogP contribution is -2.16. The molecule has 0 amide bonds. The van der Waals surface area contributed by atoms with Crippen LogP contribution in [0.2, 0.25) is 0 Å². The highest BCUT2D eigenvalue weighted by Crippen LogP contribution is 2.17. The topological polar surface area (TPSA) is 66.4 Å². The Morgan fingerprint density at radius 1 is 1.50 bits per heavy atom. The second kappa shape index (κ2) is 6.54. The monoisotopic (exact) mass is 269 g/mol. The van der Waals surface area contributed by atoms with Crippen molar-refractivity contribution < 1.29 is 14.1 Å². The van der Waals surface area contributed by atoms with Crippen molar-refractivity contribution in [2.24, 2.45) is 0 Å². The Morgan fingerprint density at radius 2 is 2.17 bits per heavy atom. The van der Waals surface area contributed by atoms with E-state index >= 15 is 0 Å². The van der Waals surface area contributed by atoms with Crippen LogP contribution in [0.25, 0.3) is 0 Å². The molecule has 4 nitrogen and oxygen atoms in total. The molecule has 0 aliphatic carbocycles. The smallest absolute Gasteiger partial charge is 0.337 e. The van der Waals surface area contributed by atoms with Crippen LogP contribution >= 0.6 is 0 Å². The Morgan fingerprint density at radius 3 is 2.72 bits per heavy atom. The summed E-state index contributed by atoms with van der Waals surface area (Å²) >= 11 is 0. The molecule has 0 aliphatic rings. The molecule has 1 aromatic carbocycles. The summed E-state index contributed by atoms with van der Waals surface area (Å²) in [5.74, 6) is -0.937. The van der Waals surface area contributed by atoms with Gasteiger partial charge in [0, 0.05) is 34.5 Å². The Labute approximate surface area is 110 Å². The van der Waals surface area contributed by atoms with E-state index in [1.165, 1.54) is 0 Å². The molecule has 0 heterocycles. The number of aryl methyl sites for hydroxylation is 1. The molecular formula is C13H19NO3S. The normalized spacial score (nSPS) is 13.9. The number of carboxylic acids is 1. The van der Waals surface area contributed by atoms with Gasteiger partial charge in [-0.2, -0.15) is 0 Å². The molecule has 0 spiro atoms. The number of nitrogens with one attached hydrogen (secondary N) is 1. The van der Waals surface area contributed by atoms with E-state index in [2.05, 4.69) is 5.32 Å². The number of hydrogen-bond donors (Lipinski definition) is 2. The van der Waals surface area contributed by atoms with Gasteiger partial charge in [-0.05, 0) is 25.5 Å². The van der Waals surface area contributed by atoms with Crippen LogP contribution in [0, 0.1) is 6.92 Å². The Bertz CT molecular complexity index is 460. The van der Waals surface area contributed by atoms with E-state index in [1.807, 2.05) is 19.9 Å². The first-order chi connectivity index (χ1) is 8.41. The van der Waals surface area contributed by atoms with Gasteiger partial charge in [0.15, 0.2) is 0 Å². The average molecular weight is 269 g/mol. The standard InChI is InChI=1S/C13H19NO3S/c1-9-4-5-12(11(8-9)13(15)16)14-7-6-10(2)18(3)17/h4-5,8,10,14H,6-7H2,1-3H3,(H,15,16). The van der Waals surface area contributed by atoms with E-state index in [0.29, 0.717) is 12.2 Å². The van der Waals surface area contributed by atoms with E-state index in [4.69, 9.17) is 5.11 Å². The molecular weight excluding hydrogens is 250 g/mol. The molecule has 100 valence electrons.